The van der Waals surface area contributed by atoms with Gasteiger partial charge in [0, 0.05) is 11.6 Å². The molecule has 0 radical (unpaired) electrons. The normalized spacial score (nSPS) is 12.1. The number of carbonyl (C=O) groups excluding carboxylic acids is 1. The molecule has 1 aromatic heterocycles. The van der Waals surface area contributed by atoms with Crippen molar-refractivity contribution < 1.29 is 4.79 Å². The van der Waals surface area contributed by atoms with E-state index in [4.69, 9.17) is 11.6 Å². The first kappa shape index (κ1) is 16.6. The van der Waals surface area contributed by atoms with Crippen LogP contribution in [0.3, 0.4) is 0 Å². The van der Waals surface area contributed by atoms with Crippen LogP contribution in [0.1, 0.15) is 12.5 Å². The van der Waals surface area contributed by atoms with Gasteiger partial charge in [-0.25, -0.2) is 0 Å². The largest absolute Gasteiger partial charge is 0.351 e. The minimum absolute atomic E-state index is 0.0409. The maximum absolute atomic E-state index is 12.1. The quantitative estimate of drug-likeness (QED) is 0.797. The molecule has 0 fully saturated rings. The number of nitrogens with one attached hydrogen (secondary N) is 1. The lowest BCUT2D eigenvalue weighted by molar-refractivity contribution is -0.120. The highest BCUT2D eigenvalue weighted by Crippen LogP contribution is 2.30. The average Bonchev–Trinajstić information content (AvgIpc) is 2.93. The summed E-state index contributed by atoms with van der Waals surface area (Å²) in [5, 5.41) is 11.4. The molecule has 1 heterocycles. The van der Waals surface area contributed by atoms with Crippen LogP contribution in [0.5, 0.6) is 0 Å². The van der Waals surface area contributed by atoms with Gasteiger partial charge < -0.3 is 5.32 Å². The second kappa shape index (κ2) is 8.03. The Morgan fingerprint density at radius 3 is 2.76 bits per heavy atom. The van der Waals surface area contributed by atoms with Crippen LogP contribution >= 0.6 is 46.5 Å². The smallest absolute Gasteiger partial charge is 0.233 e. The predicted octanol–water partition coefficient (Wildman–Crippen LogP) is 3.71. The number of thioether (sulfide) groups is 2. The second-order valence-electron chi connectivity index (χ2n) is 4.11. The maximum atomic E-state index is 12.1. The zero-order valence-electron chi connectivity index (χ0n) is 11.5. The summed E-state index contributed by atoms with van der Waals surface area (Å²) in [6, 6.07) is 7.48. The first-order valence-corrected chi connectivity index (χ1v) is 9.45. The molecule has 1 aromatic carbocycles. The topological polar surface area (TPSA) is 54.9 Å². The van der Waals surface area contributed by atoms with Crippen LogP contribution in [0.2, 0.25) is 5.02 Å². The predicted molar refractivity (Wildman–Crippen MR) is 90.3 cm³/mol. The van der Waals surface area contributed by atoms with Crippen LogP contribution in [0.25, 0.3) is 0 Å². The Kier molecular flexibility index (Phi) is 6.35. The number of halogens is 1. The lowest BCUT2D eigenvalue weighted by Gasteiger charge is -2.11. The number of aromatic nitrogens is 2. The lowest BCUT2D eigenvalue weighted by atomic mass is 10.2. The van der Waals surface area contributed by atoms with Crippen LogP contribution in [0.4, 0.5) is 0 Å². The molecule has 2 rings (SSSR count). The van der Waals surface area contributed by atoms with Gasteiger partial charge in [0.25, 0.3) is 0 Å². The first-order valence-electron chi connectivity index (χ1n) is 6.15. The van der Waals surface area contributed by atoms with Crippen molar-refractivity contribution in [1.82, 2.24) is 15.5 Å². The highest BCUT2D eigenvalue weighted by molar-refractivity contribution is 8.03. The van der Waals surface area contributed by atoms with Crippen molar-refractivity contribution in [1.29, 1.82) is 0 Å². The summed E-state index contributed by atoms with van der Waals surface area (Å²) in [6.45, 7) is 2.28. The van der Waals surface area contributed by atoms with E-state index in [0.29, 0.717) is 11.6 Å². The van der Waals surface area contributed by atoms with Gasteiger partial charge in [0.15, 0.2) is 8.68 Å². The summed E-state index contributed by atoms with van der Waals surface area (Å²) in [7, 11) is 0. The van der Waals surface area contributed by atoms with Crippen LogP contribution in [-0.4, -0.2) is 27.6 Å². The highest BCUT2D eigenvalue weighted by atomic mass is 35.5. The van der Waals surface area contributed by atoms with Crippen molar-refractivity contribution in [3.8, 4) is 0 Å². The van der Waals surface area contributed by atoms with Crippen molar-refractivity contribution in [2.75, 3.05) is 6.26 Å². The molecule has 0 aliphatic rings. The van der Waals surface area contributed by atoms with Crippen LogP contribution < -0.4 is 5.32 Å². The number of rotatable bonds is 6. The summed E-state index contributed by atoms with van der Waals surface area (Å²) < 4.78 is 1.71. The molecule has 0 spiro atoms. The summed E-state index contributed by atoms with van der Waals surface area (Å²) in [5.41, 5.74) is 0.908. The Balaban J connectivity index is 1.86. The van der Waals surface area contributed by atoms with Crippen LogP contribution in [0, 0.1) is 0 Å². The van der Waals surface area contributed by atoms with Crippen molar-refractivity contribution >= 4 is 52.4 Å². The standard InChI is InChI=1S/C13H14ClN3OS3/c1-8(20-13-17-16-12(19-2)21-13)11(18)15-7-9-5-3-4-6-10(9)14/h3-6,8H,7H2,1-2H3,(H,15,18). The van der Waals surface area contributed by atoms with Gasteiger partial charge in [-0.2, -0.15) is 0 Å². The summed E-state index contributed by atoms with van der Waals surface area (Å²) >= 11 is 10.5. The number of carbonyl (C=O) groups is 1. The fourth-order valence-corrected chi connectivity index (χ4v) is 4.31. The van der Waals surface area contributed by atoms with E-state index in [1.807, 2.05) is 37.4 Å². The zero-order chi connectivity index (χ0) is 15.2. The second-order valence-corrected chi connectivity index (χ2v) is 8.13. The average molecular weight is 360 g/mol. The number of hydrogen-bond donors (Lipinski definition) is 1. The Bertz CT molecular complexity index is 620. The van der Waals surface area contributed by atoms with Crippen LogP contribution in [-0.2, 0) is 11.3 Å². The molecule has 1 N–H and O–H groups in total. The minimum Gasteiger partial charge on any atom is -0.351 e. The third-order valence-electron chi connectivity index (χ3n) is 2.62. The van der Waals surface area contributed by atoms with Crippen molar-refractivity contribution in [2.24, 2.45) is 0 Å². The van der Waals surface area contributed by atoms with Gasteiger partial charge in [0.1, 0.15) is 0 Å². The third-order valence-corrected chi connectivity index (χ3v) is 6.07. The van der Waals surface area contributed by atoms with E-state index in [1.54, 1.807) is 11.8 Å². The van der Waals surface area contributed by atoms with Gasteiger partial charge in [-0.1, -0.05) is 64.7 Å². The molecular weight excluding hydrogens is 346 g/mol. The van der Waals surface area contributed by atoms with E-state index >= 15 is 0 Å². The Labute approximate surface area is 141 Å². The van der Waals surface area contributed by atoms with E-state index in [9.17, 15) is 4.79 Å². The monoisotopic (exact) mass is 359 g/mol. The molecule has 0 bridgehead atoms. The molecule has 112 valence electrons. The SMILES string of the molecule is CSc1nnc(SC(C)C(=O)NCc2ccccc2Cl)s1. The van der Waals surface area contributed by atoms with Crippen molar-refractivity contribution in [3.63, 3.8) is 0 Å². The van der Waals surface area contributed by atoms with Gasteiger partial charge in [0.2, 0.25) is 5.91 Å². The molecule has 0 aliphatic heterocycles. The molecule has 0 saturated heterocycles. The van der Waals surface area contributed by atoms with E-state index in [1.165, 1.54) is 23.1 Å². The molecule has 0 aliphatic carbocycles. The van der Waals surface area contributed by atoms with Crippen molar-refractivity contribution in [2.45, 2.75) is 27.4 Å². The van der Waals surface area contributed by atoms with E-state index in [-0.39, 0.29) is 11.2 Å². The van der Waals surface area contributed by atoms with Crippen LogP contribution in [0.15, 0.2) is 32.9 Å². The van der Waals surface area contributed by atoms with Gasteiger partial charge in [-0.15, -0.1) is 10.2 Å². The number of nitrogens with zero attached hydrogens (tertiary/aromatic N) is 2. The molecule has 2 aromatic rings. The maximum Gasteiger partial charge on any atom is 0.233 e. The van der Waals surface area contributed by atoms with Crippen molar-refractivity contribution in [3.05, 3.63) is 34.9 Å². The Morgan fingerprint density at radius 2 is 2.10 bits per heavy atom. The lowest BCUT2D eigenvalue weighted by Crippen LogP contribution is -2.30. The summed E-state index contributed by atoms with van der Waals surface area (Å²) in [6.07, 6.45) is 1.95. The third kappa shape index (κ3) is 4.88. The molecule has 8 heteroatoms. The fourth-order valence-electron chi connectivity index (χ4n) is 1.50. The zero-order valence-corrected chi connectivity index (χ0v) is 14.7. The van der Waals surface area contributed by atoms with Gasteiger partial charge >= 0.3 is 0 Å². The summed E-state index contributed by atoms with van der Waals surface area (Å²) in [4.78, 5) is 12.1. The Hall–Kier alpha value is -0.760. The van der Waals surface area contributed by atoms with Gasteiger partial charge in [-0.3, -0.25) is 4.79 Å². The Morgan fingerprint density at radius 1 is 1.38 bits per heavy atom. The molecule has 4 nitrogen and oxygen atoms in total. The number of hydrogen-bond acceptors (Lipinski definition) is 6. The molecular formula is C13H14ClN3OS3. The van der Waals surface area contributed by atoms with E-state index < -0.39 is 0 Å². The van der Waals surface area contributed by atoms with E-state index in [0.717, 1.165) is 14.2 Å². The number of amides is 1. The highest BCUT2D eigenvalue weighted by Gasteiger charge is 2.17. The molecule has 21 heavy (non-hydrogen) atoms. The van der Waals surface area contributed by atoms with Gasteiger partial charge in [0.05, 0.1) is 5.25 Å². The fraction of sp³-hybridized carbons (Fsp3) is 0.308. The molecule has 1 atom stereocenters. The molecule has 1 amide bonds. The summed E-state index contributed by atoms with van der Waals surface area (Å²) in [5.74, 6) is -0.0409. The minimum atomic E-state index is -0.227. The molecule has 1 unspecified atom stereocenters. The van der Waals surface area contributed by atoms with Gasteiger partial charge in [-0.05, 0) is 24.8 Å². The van der Waals surface area contributed by atoms with E-state index in [2.05, 4.69) is 15.5 Å². The molecule has 0 saturated carbocycles. The number of benzene rings is 1. The first-order chi connectivity index (χ1) is 10.1.